The van der Waals surface area contributed by atoms with Gasteiger partial charge >= 0.3 is 6.09 Å². The van der Waals surface area contributed by atoms with Gasteiger partial charge in [-0.1, -0.05) is 6.07 Å². The minimum atomic E-state index is -0.579. The summed E-state index contributed by atoms with van der Waals surface area (Å²) in [5.74, 6) is 0. The number of benzene rings is 1. The molecule has 0 saturated heterocycles. The van der Waals surface area contributed by atoms with Gasteiger partial charge in [-0.25, -0.2) is 4.79 Å². The summed E-state index contributed by atoms with van der Waals surface area (Å²) in [5, 5.41) is 5.11. The first-order valence-electron chi connectivity index (χ1n) is 7.17. The van der Waals surface area contributed by atoms with E-state index in [2.05, 4.69) is 26.0 Å². The maximum absolute atomic E-state index is 12.4. The fraction of sp³-hybridized carbons (Fsp3) is 0.235. The van der Waals surface area contributed by atoms with E-state index < -0.39 is 11.7 Å². The van der Waals surface area contributed by atoms with E-state index >= 15 is 0 Å². The summed E-state index contributed by atoms with van der Waals surface area (Å²) in [7, 11) is 0. The highest BCUT2D eigenvalue weighted by molar-refractivity contribution is 9.10. The largest absolute Gasteiger partial charge is 0.442 e. The third-order valence-corrected chi connectivity index (χ3v) is 3.80. The van der Waals surface area contributed by atoms with Crippen LogP contribution in [0.1, 0.15) is 20.8 Å². The van der Waals surface area contributed by atoms with Crippen LogP contribution in [0, 0.1) is 0 Å². The lowest BCUT2D eigenvalue weighted by atomic mass is 10.1. The molecule has 2 aromatic heterocycles. The molecular weight excluding hydrogens is 358 g/mol. The van der Waals surface area contributed by atoms with Crippen LogP contribution in [0.4, 0.5) is 4.79 Å². The van der Waals surface area contributed by atoms with E-state index in [0.717, 1.165) is 16.5 Å². The molecule has 0 aliphatic heterocycles. The van der Waals surface area contributed by atoms with Gasteiger partial charge in [0.25, 0.3) is 0 Å². The van der Waals surface area contributed by atoms with Crippen molar-refractivity contribution in [2.24, 2.45) is 0 Å². The van der Waals surface area contributed by atoms with E-state index in [-0.39, 0.29) is 0 Å². The third kappa shape index (κ3) is 3.27. The Kier molecular flexibility index (Phi) is 3.93. The van der Waals surface area contributed by atoms with E-state index in [4.69, 9.17) is 4.74 Å². The summed E-state index contributed by atoms with van der Waals surface area (Å²) in [5.41, 5.74) is 2.12. The standard InChI is InChI=1S/C17H16BrN3O2/c1-17(2,3)23-16(22)21-14-10-12(11-6-8-19-9-7-11)4-5-13(14)15(18)20-21/h4-10H,1-3H3. The average molecular weight is 374 g/mol. The van der Waals surface area contributed by atoms with Gasteiger partial charge in [-0.05, 0) is 72.1 Å². The molecule has 0 radical (unpaired) electrons. The number of aromatic nitrogens is 3. The SMILES string of the molecule is CC(C)(C)OC(=O)n1nc(Br)c2ccc(-c3ccncc3)cc21. The molecular formula is C17H16BrN3O2. The Hall–Kier alpha value is -2.21. The van der Waals surface area contributed by atoms with Gasteiger partial charge < -0.3 is 4.74 Å². The Morgan fingerprint density at radius 1 is 1.13 bits per heavy atom. The lowest BCUT2D eigenvalue weighted by Gasteiger charge is -2.19. The molecule has 0 aliphatic rings. The van der Waals surface area contributed by atoms with Crippen LogP contribution < -0.4 is 0 Å². The molecule has 6 heteroatoms. The molecule has 23 heavy (non-hydrogen) atoms. The van der Waals surface area contributed by atoms with Crippen molar-refractivity contribution in [1.29, 1.82) is 0 Å². The van der Waals surface area contributed by atoms with Crippen molar-refractivity contribution in [2.45, 2.75) is 26.4 Å². The lowest BCUT2D eigenvalue weighted by Crippen LogP contribution is -2.27. The molecule has 3 aromatic rings. The molecule has 0 aliphatic carbocycles. The van der Waals surface area contributed by atoms with Gasteiger partial charge in [-0.15, -0.1) is 0 Å². The molecule has 0 N–H and O–H groups in total. The van der Waals surface area contributed by atoms with Gasteiger partial charge in [-0.2, -0.15) is 9.78 Å². The molecule has 1 aromatic carbocycles. The van der Waals surface area contributed by atoms with Crippen molar-refractivity contribution in [1.82, 2.24) is 14.8 Å². The number of ether oxygens (including phenoxy) is 1. The number of halogens is 1. The maximum Gasteiger partial charge on any atom is 0.435 e. The first-order chi connectivity index (χ1) is 10.8. The number of pyridine rings is 1. The van der Waals surface area contributed by atoms with E-state index in [1.807, 2.05) is 51.1 Å². The minimum Gasteiger partial charge on any atom is -0.442 e. The summed E-state index contributed by atoms with van der Waals surface area (Å²) in [4.78, 5) is 16.4. The maximum atomic E-state index is 12.4. The molecule has 3 rings (SSSR count). The Morgan fingerprint density at radius 2 is 1.83 bits per heavy atom. The van der Waals surface area contributed by atoms with E-state index in [1.165, 1.54) is 4.68 Å². The van der Waals surface area contributed by atoms with Crippen molar-refractivity contribution in [3.63, 3.8) is 0 Å². The van der Waals surface area contributed by atoms with Crippen molar-refractivity contribution in [3.8, 4) is 11.1 Å². The van der Waals surface area contributed by atoms with Crippen molar-refractivity contribution >= 4 is 32.9 Å². The second-order valence-electron chi connectivity index (χ2n) is 6.15. The fourth-order valence-electron chi connectivity index (χ4n) is 2.25. The summed E-state index contributed by atoms with van der Waals surface area (Å²) >= 11 is 3.40. The molecule has 0 saturated carbocycles. The molecule has 0 bridgehead atoms. The topological polar surface area (TPSA) is 57.0 Å². The van der Waals surface area contributed by atoms with Crippen LogP contribution in [0.15, 0.2) is 47.3 Å². The first kappa shape index (κ1) is 15.7. The van der Waals surface area contributed by atoms with Gasteiger partial charge in [0.2, 0.25) is 0 Å². The van der Waals surface area contributed by atoms with Gasteiger partial charge in [0, 0.05) is 17.8 Å². The number of rotatable bonds is 1. The zero-order valence-corrected chi connectivity index (χ0v) is 14.7. The smallest absolute Gasteiger partial charge is 0.435 e. The lowest BCUT2D eigenvalue weighted by molar-refractivity contribution is 0.0522. The van der Waals surface area contributed by atoms with E-state index in [9.17, 15) is 4.79 Å². The Bertz CT molecular complexity index is 867. The highest BCUT2D eigenvalue weighted by atomic mass is 79.9. The summed E-state index contributed by atoms with van der Waals surface area (Å²) in [6.45, 7) is 5.48. The number of hydrogen-bond donors (Lipinski definition) is 0. The van der Waals surface area contributed by atoms with Crippen molar-refractivity contribution in [2.75, 3.05) is 0 Å². The molecule has 5 nitrogen and oxygen atoms in total. The fourth-order valence-corrected chi connectivity index (χ4v) is 2.74. The Morgan fingerprint density at radius 3 is 2.48 bits per heavy atom. The zero-order valence-electron chi connectivity index (χ0n) is 13.1. The second-order valence-corrected chi connectivity index (χ2v) is 6.90. The molecule has 0 amide bonds. The minimum absolute atomic E-state index is 0.500. The number of fused-ring (bicyclic) bond motifs is 1. The van der Waals surface area contributed by atoms with Crippen LogP contribution in [0.2, 0.25) is 0 Å². The molecule has 118 valence electrons. The van der Waals surface area contributed by atoms with E-state index in [0.29, 0.717) is 10.1 Å². The number of carbonyl (C=O) groups excluding carboxylic acids is 1. The molecule has 2 heterocycles. The zero-order chi connectivity index (χ0) is 16.6. The first-order valence-corrected chi connectivity index (χ1v) is 7.96. The number of hydrogen-bond acceptors (Lipinski definition) is 4. The number of nitrogens with zero attached hydrogens (tertiary/aromatic N) is 3. The molecule has 0 unspecified atom stereocenters. The van der Waals surface area contributed by atoms with Gasteiger partial charge in [-0.3, -0.25) is 4.98 Å². The summed E-state index contributed by atoms with van der Waals surface area (Å²) < 4.78 is 7.32. The van der Waals surface area contributed by atoms with Crippen LogP contribution in [-0.2, 0) is 4.74 Å². The van der Waals surface area contributed by atoms with Crippen LogP contribution >= 0.6 is 15.9 Å². The second kappa shape index (κ2) is 5.77. The molecule has 0 spiro atoms. The Balaban J connectivity index is 2.11. The van der Waals surface area contributed by atoms with Crippen LogP contribution in [0.25, 0.3) is 22.0 Å². The summed E-state index contributed by atoms with van der Waals surface area (Å²) in [6.07, 6.45) is 2.97. The van der Waals surface area contributed by atoms with Crippen molar-refractivity contribution in [3.05, 3.63) is 47.3 Å². The van der Waals surface area contributed by atoms with Gasteiger partial charge in [0.05, 0.1) is 5.52 Å². The predicted molar refractivity (Wildman–Crippen MR) is 92.3 cm³/mol. The quantitative estimate of drug-likeness (QED) is 0.623. The predicted octanol–water partition coefficient (Wildman–Crippen LogP) is 4.64. The number of carbonyl (C=O) groups is 1. The normalized spacial score (nSPS) is 11.7. The summed E-state index contributed by atoms with van der Waals surface area (Å²) in [6, 6.07) is 9.69. The Labute approximate surface area is 142 Å². The highest BCUT2D eigenvalue weighted by Gasteiger charge is 2.21. The van der Waals surface area contributed by atoms with Crippen molar-refractivity contribution < 1.29 is 9.53 Å². The van der Waals surface area contributed by atoms with Crippen LogP contribution in [-0.4, -0.2) is 26.5 Å². The van der Waals surface area contributed by atoms with Gasteiger partial charge in [0.15, 0.2) is 0 Å². The molecule has 0 fully saturated rings. The molecule has 0 atom stereocenters. The van der Waals surface area contributed by atoms with E-state index in [1.54, 1.807) is 12.4 Å². The van der Waals surface area contributed by atoms with Gasteiger partial charge in [0.1, 0.15) is 10.2 Å². The van der Waals surface area contributed by atoms with Crippen LogP contribution in [0.5, 0.6) is 0 Å². The third-order valence-electron chi connectivity index (χ3n) is 3.22. The highest BCUT2D eigenvalue weighted by Crippen LogP contribution is 2.29. The van der Waals surface area contributed by atoms with Crippen LogP contribution in [0.3, 0.4) is 0 Å². The monoisotopic (exact) mass is 373 g/mol. The average Bonchev–Trinajstić information content (AvgIpc) is 2.83.